The van der Waals surface area contributed by atoms with E-state index in [1.807, 2.05) is 42.5 Å². The second kappa shape index (κ2) is 8.78. The highest BCUT2D eigenvalue weighted by Crippen LogP contribution is 2.32. The maximum atomic E-state index is 13.0. The highest BCUT2D eigenvalue weighted by Gasteiger charge is 2.35. The molecule has 0 spiro atoms. The molecule has 0 radical (unpaired) electrons. The number of anilines is 1. The zero-order valence-corrected chi connectivity index (χ0v) is 16.8. The van der Waals surface area contributed by atoms with Gasteiger partial charge in [-0.1, -0.05) is 78.9 Å². The molecule has 3 aromatic rings. The monoisotopic (exact) mass is 408 g/mol. The lowest BCUT2D eigenvalue weighted by atomic mass is 9.86. The normalized spacial score (nSPS) is 17.9. The van der Waals surface area contributed by atoms with Crippen LogP contribution in [-0.4, -0.2) is 38.5 Å². The summed E-state index contributed by atoms with van der Waals surface area (Å²) in [5, 5.41) is 0. The van der Waals surface area contributed by atoms with Gasteiger partial charge in [-0.2, -0.15) is 12.7 Å². The molecular weight excluding hydrogens is 384 g/mol. The van der Waals surface area contributed by atoms with Crippen LogP contribution in [0.4, 0.5) is 5.69 Å². The average Bonchev–Trinajstić information content (AvgIpc) is 2.76. The van der Waals surface area contributed by atoms with E-state index < -0.39 is 10.2 Å². The van der Waals surface area contributed by atoms with E-state index in [2.05, 4.69) is 29.0 Å². The molecule has 4 rings (SSSR count). The van der Waals surface area contributed by atoms with Crippen LogP contribution < -0.4 is 4.72 Å². The Morgan fingerprint density at radius 3 is 1.90 bits per heavy atom. The fraction of sp³-hybridized carbons (Fsp3) is 0.217. The van der Waals surface area contributed by atoms with Crippen LogP contribution in [0.2, 0.25) is 0 Å². The molecule has 1 heterocycles. The molecule has 1 aliphatic rings. The van der Waals surface area contributed by atoms with Crippen molar-refractivity contribution in [3.8, 4) is 0 Å². The highest BCUT2D eigenvalue weighted by atomic mass is 32.2. The molecule has 0 aliphatic carbocycles. The molecule has 0 aromatic heterocycles. The fourth-order valence-corrected chi connectivity index (χ4v) is 4.95. The van der Waals surface area contributed by atoms with E-state index in [0.717, 1.165) is 11.1 Å². The third kappa shape index (κ3) is 4.67. The summed E-state index contributed by atoms with van der Waals surface area (Å²) in [4.78, 5) is 0. The summed E-state index contributed by atoms with van der Waals surface area (Å²) in [6, 6.07) is 29.2. The number of morpholine rings is 1. The van der Waals surface area contributed by atoms with Gasteiger partial charge >= 0.3 is 10.2 Å². The van der Waals surface area contributed by atoms with E-state index in [-0.39, 0.29) is 18.6 Å². The van der Waals surface area contributed by atoms with Crippen LogP contribution in [-0.2, 0) is 14.9 Å². The quantitative estimate of drug-likeness (QED) is 0.673. The Hall–Kier alpha value is -2.67. The second-order valence-corrected chi connectivity index (χ2v) is 8.71. The van der Waals surface area contributed by atoms with Crippen LogP contribution in [0, 0.1) is 0 Å². The minimum atomic E-state index is -3.66. The van der Waals surface area contributed by atoms with Crippen molar-refractivity contribution >= 4 is 15.9 Å². The average molecular weight is 409 g/mol. The predicted octanol–water partition coefficient (Wildman–Crippen LogP) is 3.88. The molecule has 0 bridgehead atoms. The summed E-state index contributed by atoms with van der Waals surface area (Å²) in [5.41, 5.74) is 2.77. The van der Waals surface area contributed by atoms with Gasteiger partial charge in [-0.05, 0) is 23.3 Å². The van der Waals surface area contributed by atoms with E-state index >= 15 is 0 Å². The first-order chi connectivity index (χ1) is 14.1. The van der Waals surface area contributed by atoms with Gasteiger partial charge in [0.05, 0.1) is 12.7 Å². The lowest BCUT2D eigenvalue weighted by Crippen LogP contribution is -2.49. The molecule has 1 unspecified atom stereocenters. The van der Waals surface area contributed by atoms with Gasteiger partial charge in [-0.25, -0.2) is 0 Å². The number of hydrogen-bond donors (Lipinski definition) is 1. The van der Waals surface area contributed by atoms with Crippen molar-refractivity contribution in [3.63, 3.8) is 0 Å². The minimum absolute atomic E-state index is 0.0490. The third-order valence-electron chi connectivity index (χ3n) is 5.11. The van der Waals surface area contributed by atoms with Crippen molar-refractivity contribution < 1.29 is 13.2 Å². The van der Waals surface area contributed by atoms with Crippen molar-refractivity contribution in [2.75, 3.05) is 24.4 Å². The fourth-order valence-electron chi connectivity index (χ4n) is 3.73. The van der Waals surface area contributed by atoms with Gasteiger partial charge < -0.3 is 4.74 Å². The largest absolute Gasteiger partial charge is 0.374 e. The predicted molar refractivity (Wildman–Crippen MR) is 115 cm³/mol. The van der Waals surface area contributed by atoms with Crippen LogP contribution in [0.1, 0.15) is 17.0 Å². The first-order valence-corrected chi connectivity index (χ1v) is 11.1. The van der Waals surface area contributed by atoms with Crippen molar-refractivity contribution in [3.05, 3.63) is 102 Å². The number of ether oxygens (including phenoxy) is 1. The summed E-state index contributed by atoms with van der Waals surface area (Å²) in [5.74, 6) is -0.0490. The molecule has 1 atom stereocenters. The Morgan fingerprint density at radius 2 is 1.34 bits per heavy atom. The first-order valence-electron chi connectivity index (χ1n) is 9.68. The Labute approximate surface area is 172 Å². The lowest BCUT2D eigenvalue weighted by Gasteiger charge is -2.36. The van der Waals surface area contributed by atoms with Gasteiger partial charge in [0.1, 0.15) is 0 Å². The number of benzene rings is 3. The maximum Gasteiger partial charge on any atom is 0.301 e. The summed E-state index contributed by atoms with van der Waals surface area (Å²) in [6.45, 7) is 0.974. The number of rotatable bonds is 6. The van der Waals surface area contributed by atoms with Gasteiger partial charge in [0.25, 0.3) is 0 Å². The van der Waals surface area contributed by atoms with Crippen LogP contribution in [0.3, 0.4) is 0 Å². The summed E-state index contributed by atoms with van der Waals surface area (Å²) in [6.07, 6.45) is -0.277. The Balaban J connectivity index is 1.60. The number of nitrogens with zero attached hydrogens (tertiary/aromatic N) is 1. The Morgan fingerprint density at radius 1 is 0.828 bits per heavy atom. The smallest absolute Gasteiger partial charge is 0.301 e. The molecule has 1 aliphatic heterocycles. The molecule has 0 saturated carbocycles. The van der Waals surface area contributed by atoms with Gasteiger partial charge in [-0.15, -0.1) is 0 Å². The SMILES string of the molecule is O=S(=O)(Nc1ccccc1)N1CCOC(C(c2ccccc2)c2ccccc2)C1. The molecule has 1 saturated heterocycles. The van der Waals surface area contributed by atoms with Crippen LogP contribution in [0.25, 0.3) is 0 Å². The molecular formula is C23H24N2O3S. The number of nitrogens with one attached hydrogen (secondary N) is 1. The van der Waals surface area contributed by atoms with Crippen molar-refractivity contribution in [2.45, 2.75) is 12.0 Å². The Kier molecular flexibility index (Phi) is 5.94. The van der Waals surface area contributed by atoms with E-state index in [4.69, 9.17) is 4.74 Å². The van der Waals surface area contributed by atoms with Crippen LogP contribution >= 0.6 is 0 Å². The Bertz CT molecular complexity index is 972. The minimum Gasteiger partial charge on any atom is -0.374 e. The molecule has 0 amide bonds. The van der Waals surface area contributed by atoms with E-state index in [1.54, 1.807) is 24.3 Å². The molecule has 6 heteroatoms. The van der Waals surface area contributed by atoms with E-state index in [0.29, 0.717) is 18.8 Å². The van der Waals surface area contributed by atoms with Gasteiger partial charge in [-0.3, -0.25) is 4.72 Å². The van der Waals surface area contributed by atoms with Crippen molar-refractivity contribution in [2.24, 2.45) is 0 Å². The van der Waals surface area contributed by atoms with Crippen LogP contribution in [0.5, 0.6) is 0 Å². The zero-order chi connectivity index (χ0) is 20.1. The number of hydrogen-bond acceptors (Lipinski definition) is 3. The molecule has 150 valence electrons. The van der Waals surface area contributed by atoms with Gasteiger partial charge in [0, 0.05) is 24.7 Å². The van der Waals surface area contributed by atoms with E-state index in [1.165, 1.54) is 4.31 Å². The molecule has 5 nitrogen and oxygen atoms in total. The zero-order valence-electron chi connectivity index (χ0n) is 16.0. The van der Waals surface area contributed by atoms with Gasteiger partial charge in [0.2, 0.25) is 0 Å². The standard InChI is InChI=1S/C23H24N2O3S/c26-29(27,24-21-14-8-3-9-15-21)25-16-17-28-22(18-25)23(19-10-4-1-5-11-19)20-12-6-2-7-13-20/h1-15,22-24H,16-18H2. The lowest BCUT2D eigenvalue weighted by molar-refractivity contribution is -0.00975. The van der Waals surface area contributed by atoms with Crippen molar-refractivity contribution in [1.29, 1.82) is 0 Å². The first kappa shape index (κ1) is 19.6. The van der Waals surface area contributed by atoms with E-state index in [9.17, 15) is 8.42 Å². The molecule has 29 heavy (non-hydrogen) atoms. The molecule has 1 fully saturated rings. The second-order valence-electron chi connectivity index (χ2n) is 7.04. The molecule has 1 N–H and O–H groups in total. The number of para-hydroxylation sites is 1. The topological polar surface area (TPSA) is 58.6 Å². The van der Waals surface area contributed by atoms with Gasteiger partial charge in [0.15, 0.2) is 0 Å². The molecule has 3 aromatic carbocycles. The van der Waals surface area contributed by atoms with Crippen LogP contribution in [0.15, 0.2) is 91.0 Å². The third-order valence-corrected chi connectivity index (χ3v) is 6.61. The summed E-state index contributed by atoms with van der Waals surface area (Å²) >= 11 is 0. The maximum absolute atomic E-state index is 13.0. The summed E-state index contributed by atoms with van der Waals surface area (Å²) < 4.78 is 36.2. The highest BCUT2D eigenvalue weighted by molar-refractivity contribution is 7.90. The summed E-state index contributed by atoms with van der Waals surface area (Å²) in [7, 11) is -3.66. The van der Waals surface area contributed by atoms with Crippen molar-refractivity contribution in [1.82, 2.24) is 4.31 Å².